The summed E-state index contributed by atoms with van der Waals surface area (Å²) in [5.41, 5.74) is 3.41. The van der Waals surface area contributed by atoms with Crippen LogP contribution in [0.5, 0.6) is 0 Å². The van der Waals surface area contributed by atoms with Crippen LogP contribution in [0.3, 0.4) is 0 Å². The molecule has 1 aromatic heterocycles. The highest BCUT2D eigenvalue weighted by Gasteiger charge is 2.37. The maximum Gasteiger partial charge on any atom is 0.142 e. The van der Waals surface area contributed by atoms with Gasteiger partial charge in [-0.1, -0.05) is 79.7 Å². The Kier molecular flexibility index (Phi) is 6.67. The predicted octanol–water partition coefficient (Wildman–Crippen LogP) is 5.84. The minimum Gasteiger partial charge on any atom is -0.320 e. The Balaban J connectivity index is 1.69. The lowest BCUT2D eigenvalue weighted by atomic mass is 9.99. The molecule has 0 bridgehead atoms. The summed E-state index contributed by atoms with van der Waals surface area (Å²) in [6.45, 7) is 4.53. The molecule has 32 heavy (non-hydrogen) atoms. The van der Waals surface area contributed by atoms with Crippen LogP contribution in [0.25, 0.3) is 11.0 Å². The number of thioether (sulfide) groups is 1. The zero-order chi connectivity index (χ0) is 21.9. The molecular weight excluding hydrogens is 427 g/mol. The van der Waals surface area contributed by atoms with Crippen molar-refractivity contribution in [2.75, 3.05) is 5.75 Å². The summed E-state index contributed by atoms with van der Waals surface area (Å²) >= 11 is 1.92. The number of hydrogen-bond acceptors (Lipinski definition) is 2. The molecule has 0 saturated heterocycles. The zero-order valence-corrected chi connectivity index (χ0v) is 20.1. The number of hydrogen-bond donors (Lipinski definition) is 0. The van der Waals surface area contributed by atoms with Gasteiger partial charge in [-0.25, -0.2) is 4.98 Å². The van der Waals surface area contributed by atoms with Gasteiger partial charge in [-0.2, -0.15) is 11.8 Å². The third-order valence-electron chi connectivity index (χ3n) is 5.75. The molecule has 4 aromatic rings. The Morgan fingerprint density at radius 1 is 0.844 bits per heavy atom. The van der Waals surface area contributed by atoms with Crippen molar-refractivity contribution >= 4 is 46.9 Å². The van der Waals surface area contributed by atoms with E-state index in [0.29, 0.717) is 0 Å². The van der Waals surface area contributed by atoms with Crippen LogP contribution in [0.15, 0.2) is 84.9 Å². The van der Waals surface area contributed by atoms with Gasteiger partial charge >= 0.3 is 0 Å². The number of nitrogens with zero attached hydrogens (tertiary/aromatic N) is 2. The van der Waals surface area contributed by atoms with E-state index in [1.165, 1.54) is 27.3 Å². The van der Waals surface area contributed by atoms with Crippen LogP contribution >= 0.6 is 19.7 Å². The molecule has 0 unspecified atom stereocenters. The van der Waals surface area contributed by atoms with Crippen molar-refractivity contribution in [2.24, 2.45) is 0 Å². The number of aromatic nitrogens is 2. The Morgan fingerprint density at radius 3 is 2.12 bits per heavy atom. The van der Waals surface area contributed by atoms with Crippen molar-refractivity contribution in [3.8, 4) is 0 Å². The summed E-state index contributed by atoms with van der Waals surface area (Å²) in [6, 6.07) is 30.4. The molecule has 5 radical (unpaired) electrons. The lowest BCUT2D eigenvalue weighted by Gasteiger charge is -2.29. The summed E-state index contributed by atoms with van der Waals surface area (Å²) in [4.78, 5) is 5.26. The summed E-state index contributed by atoms with van der Waals surface area (Å²) in [7, 11) is -0.794. The minimum absolute atomic E-state index is 0.193. The first-order chi connectivity index (χ1) is 15.8. The quantitative estimate of drug-likeness (QED) is 0.327. The largest absolute Gasteiger partial charge is 0.320 e. The van der Waals surface area contributed by atoms with Crippen LogP contribution in [0.2, 0.25) is 0 Å². The van der Waals surface area contributed by atoms with Crippen molar-refractivity contribution in [1.82, 2.24) is 9.55 Å². The first-order valence-electron chi connectivity index (χ1n) is 11.0. The van der Waals surface area contributed by atoms with E-state index in [9.17, 15) is 0 Å². The highest BCUT2D eigenvalue weighted by atomic mass is 32.2. The van der Waals surface area contributed by atoms with Gasteiger partial charge < -0.3 is 4.57 Å². The van der Waals surface area contributed by atoms with Gasteiger partial charge in [0, 0.05) is 25.1 Å². The number of para-hydroxylation sites is 2. The molecule has 1 atom stereocenters. The Bertz CT molecular complexity index is 1120. The maximum atomic E-state index is 5.26. The van der Waals surface area contributed by atoms with Gasteiger partial charge in [0.1, 0.15) is 5.57 Å². The fourth-order valence-corrected chi connectivity index (χ4v) is 7.59. The summed E-state index contributed by atoms with van der Waals surface area (Å²) < 4.78 is 2.48. The molecule has 5 rings (SSSR count). The standard InChI is InChI=1S/C28H26N2PS/c1-3-32-27-20-12-17-24(27)21(2)30-26-19-11-10-18-25(26)29-28(30)31(22-13-6-4-7-14-22)23-15-8-5-9-16-23/h4-21H,3H2,1-2H3/t21-/m0/s1. The second-order valence-electron chi connectivity index (χ2n) is 7.73. The molecule has 0 N–H and O–H groups in total. The van der Waals surface area contributed by atoms with E-state index in [-0.39, 0.29) is 6.04 Å². The van der Waals surface area contributed by atoms with Crippen molar-refractivity contribution < 1.29 is 0 Å². The van der Waals surface area contributed by atoms with Crippen molar-refractivity contribution in [3.05, 3.63) is 115 Å². The third kappa shape index (κ3) is 4.14. The molecule has 0 aliphatic heterocycles. The Hall–Kier alpha value is -2.09. The third-order valence-corrected chi connectivity index (χ3v) is 9.07. The first-order valence-corrected chi connectivity index (χ1v) is 13.4. The number of imidazole rings is 1. The summed E-state index contributed by atoms with van der Waals surface area (Å²) in [5, 5.41) is 4.01. The van der Waals surface area contributed by atoms with Crippen LogP contribution in [-0.4, -0.2) is 15.3 Å². The van der Waals surface area contributed by atoms with Gasteiger partial charge in [0.25, 0.3) is 0 Å². The Labute approximate surface area is 197 Å². The van der Waals surface area contributed by atoms with Crippen LogP contribution in [0.1, 0.15) is 19.9 Å². The zero-order valence-electron chi connectivity index (χ0n) is 18.3. The monoisotopic (exact) mass is 453 g/mol. The summed E-state index contributed by atoms with van der Waals surface area (Å²) in [5.74, 6) is 2.44. The number of benzene rings is 3. The predicted molar refractivity (Wildman–Crippen MR) is 141 cm³/mol. The van der Waals surface area contributed by atoms with Crippen molar-refractivity contribution in [3.63, 3.8) is 0 Å². The van der Waals surface area contributed by atoms with E-state index in [4.69, 9.17) is 4.98 Å². The highest BCUT2D eigenvalue weighted by Crippen LogP contribution is 2.48. The molecule has 1 aliphatic rings. The van der Waals surface area contributed by atoms with Gasteiger partial charge in [-0.05, 0) is 54.7 Å². The second-order valence-corrected chi connectivity index (χ2v) is 11.1. The van der Waals surface area contributed by atoms with Crippen molar-refractivity contribution in [2.45, 2.75) is 19.9 Å². The van der Waals surface area contributed by atoms with Gasteiger partial charge in [0.2, 0.25) is 0 Å². The van der Waals surface area contributed by atoms with Gasteiger partial charge in [0.15, 0.2) is 0 Å². The molecule has 4 heteroatoms. The molecule has 0 spiro atoms. The van der Waals surface area contributed by atoms with Crippen LogP contribution in [0.4, 0.5) is 0 Å². The molecule has 2 nitrogen and oxygen atoms in total. The van der Waals surface area contributed by atoms with Gasteiger partial charge in [0.05, 0.1) is 11.0 Å². The summed E-state index contributed by atoms with van der Waals surface area (Å²) in [6.07, 6.45) is 6.70. The molecule has 1 heterocycles. The molecule has 1 aliphatic carbocycles. The number of rotatable bonds is 7. The number of fused-ring (bicyclic) bond motifs is 1. The molecule has 1 saturated carbocycles. The van der Waals surface area contributed by atoms with Crippen LogP contribution in [0, 0.1) is 30.4 Å². The second kappa shape index (κ2) is 9.81. The van der Waals surface area contributed by atoms with E-state index in [2.05, 4.69) is 123 Å². The molecular formula is C28H26N2PS. The average molecular weight is 454 g/mol. The minimum atomic E-state index is -0.794. The maximum absolute atomic E-state index is 5.26. The lowest BCUT2D eigenvalue weighted by molar-refractivity contribution is 0.616. The van der Waals surface area contributed by atoms with E-state index < -0.39 is 7.92 Å². The highest BCUT2D eigenvalue weighted by molar-refractivity contribution is 8.02. The fraction of sp³-hybridized carbons (Fsp3) is 0.143. The average Bonchev–Trinajstić information content (AvgIpc) is 3.45. The normalized spacial score (nSPS) is 16.2. The Morgan fingerprint density at radius 2 is 1.47 bits per heavy atom. The molecule has 3 aromatic carbocycles. The van der Waals surface area contributed by atoms with Crippen molar-refractivity contribution in [1.29, 1.82) is 0 Å². The van der Waals surface area contributed by atoms with E-state index in [1.807, 2.05) is 11.8 Å². The lowest BCUT2D eigenvalue weighted by Crippen LogP contribution is -2.31. The van der Waals surface area contributed by atoms with E-state index >= 15 is 0 Å². The first kappa shape index (κ1) is 21.7. The topological polar surface area (TPSA) is 17.8 Å². The van der Waals surface area contributed by atoms with E-state index in [1.54, 1.807) is 0 Å². The molecule has 159 valence electrons. The van der Waals surface area contributed by atoms with Gasteiger partial charge in [-0.15, -0.1) is 0 Å². The van der Waals surface area contributed by atoms with E-state index in [0.717, 1.165) is 16.8 Å². The van der Waals surface area contributed by atoms with Gasteiger partial charge in [-0.3, -0.25) is 0 Å². The smallest absolute Gasteiger partial charge is 0.142 e. The van der Waals surface area contributed by atoms with Crippen LogP contribution < -0.4 is 16.2 Å². The molecule has 0 amide bonds. The fourth-order valence-electron chi connectivity index (χ4n) is 4.29. The molecule has 1 fully saturated rings. The van der Waals surface area contributed by atoms with Crippen LogP contribution in [-0.2, 0) is 0 Å². The SMILES string of the molecule is CCS[C]1[CH][CH][CH][C]1[C@H](C)n1c(P(c2ccccc2)c2ccccc2)nc2ccccc21.